The van der Waals surface area contributed by atoms with Crippen molar-refractivity contribution in [1.29, 1.82) is 0 Å². The molecule has 3 N–H and O–H groups in total. The molecule has 0 bridgehead atoms. The molecule has 21 heavy (non-hydrogen) atoms. The zero-order chi connectivity index (χ0) is 15.5. The van der Waals surface area contributed by atoms with E-state index in [0.717, 1.165) is 17.0 Å². The van der Waals surface area contributed by atoms with Gasteiger partial charge in [0.05, 0.1) is 6.04 Å². The quantitative estimate of drug-likeness (QED) is 0.689. The van der Waals surface area contributed by atoms with Crippen molar-refractivity contribution >= 4 is 21.4 Å². The molecular weight excluding hydrogens is 312 g/mol. The third-order valence-corrected chi connectivity index (χ3v) is 5.88. The van der Waals surface area contributed by atoms with Crippen LogP contribution in [-0.4, -0.2) is 35.6 Å². The summed E-state index contributed by atoms with van der Waals surface area (Å²) in [6.07, 6.45) is 0. The first kappa shape index (κ1) is 16.0. The molecule has 0 aliphatic heterocycles. The Morgan fingerprint density at radius 3 is 2.86 bits per heavy atom. The van der Waals surface area contributed by atoms with Crippen LogP contribution < -0.4 is 10.0 Å². The maximum Gasteiger partial charge on any atom is 0.242 e. The van der Waals surface area contributed by atoms with Gasteiger partial charge in [-0.25, -0.2) is 13.1 Å². The summed E-state index contributed by atoms with van der Waals surface area (Å²) in [5.74, 6) is 0.305. The van der Waals surface area contributed by atoms with Crippen molar-refractivity contribution in [3.63, 3.8) is 0 Å². The minimum atomic E-state index is -3.64. The van der Waals surface area contributed by atoms with Crippen LogP contribution in [0.2, 0.25) is 0 Å². The van der Waals surface area contributed by atoms with Gasteiger partial charge in [0.1, 0.15) is 4.90 Å². The molecule has 10 heteroatoms. The highest BCUT2D eigenvalue weighted by Crippen LogP contribution is 2.27. The molecule has 2 aromatic rings. The van der Waals surface area contributed by atoms with Crippen molar-refractivity contribution in [1.82, 2.24) is 30.7 Å². The predicted molar refractivity (Wildman–Crippen MR) is 79.4 cm³/mol. The van der Waals surface area contributed by atoms with Crippen LogP contribution in [0.25, 0.3) is 0 Å². The van der Waals surface area contributed by atoms with Gasteiger partial charge in [-0.15, -0.1) is 21.5 Å². The SMILES string of the molecule is CCNCc1scc(C)c1S(=O)(=O)NC(C)c1nn[nH]n1. The summed E-state index contributed by atoms with van der Waals surface area (Å²) in [5.41, 5.74) is 0.737. The fraction of sp³-hybridized carbons (Fsp3) is 0.545. The van der Waals surface area contributed by atoms with Crippen LogP contribution >= 0.6 is 11.3 Å². The summed E-state index contributed by atoms with van der Waals surface area (Å²) >= 11 is 1.44. The molecule has 1 unspecified atom stereocenters. The molecule has 0 aliphatic rings. The monoisotopic (exact) mass is 330 g/mol. The van der Waals surface area contributed by atoms with E-state index in [9.17, 15) is 8.42 Å². The second-order valence-corrected chi connectivity index (χ2v) is 7.18. The molecule has 0 saturated carbocycles. The fourth-order valence-corrected chi connectivity index (χ4v) is 4.89. The average Bonchev–Trinajstić information content (AvgIpc) is 3.05. The Morgan fingerprint density at radius 2 is 2.24 bits per heavy atom. The maximum atomic E-state index is 12.6. The van der Waals surface area contributed by atoms with E-state index in [1.165, 1.54) is 11.3 Å². The Bertz CT molecular complexity index is 680. The van der Waals surface area contributed by atoms with Gasteiger partial charge in [-0.1, -0.05) is 12.1 Å². The molecule has 116 valence electrons. The lowest BCUT2D eigenvalue weighted by Gasteiger charge is -2.12. The number of nitrogens with one attached hydrogen (secondary N) is 3. The summed E-state index contributed by atoms with van der Waals surface area (Å²) < 4.78 is 27.8. The zero-order valence-electron chi connectivity index (χ0n) is 12.0. The Labute approximate surface area is 127 Å². The van der Waals surface area contributed by atoms with Gasteiger partial charge >= 0.3 is 0 Å². The van der Waals surface area contributed by atoms with Gasteiger partial charge in [0, 0.05) is 11.4 Å². The van der Waals surface area contributed by atoms with E-state index in [1.54, 1.807) is 13.8 Å². The Morgan fingerprint density at radius 1 is 1.48 bits per heavy atom. The van der Waals surface area contributed by atoms with E-state index in [1.807, 2.05) is 12.3 Å². The van der Waals surface area contributed by atoms with E-state index in [0.29, 0.717) is 17.3 Å². The van der Waals surface area contributed by atoms with Crippen molar-refractivity contribution in [3.05, 3.63) is 21.6 Å². The van der Waals surface area contributed by atoms with Gasteiger partial charge < -0.3 is 5.32 Å². The molecule has 0 aromatic carbocycles. The maximum absolute atomic E-state index is 12.6. The number of aromatic nitrogens is 4. The zero-order valence-corrected chi connectivity index (χ0v) is 13.7. The highest BCUT2D eigenvalue weighted by molar-refractivity contribution is 7.89. The molecule has 2 aromatic heterocycles. The highest BCUT2D eigenvalue weighted by Gasteiger charge is 2.26. The fourth-order valence-electron chi connectivity index (χ4n) is 1.91. The van der Waals surface area contributed by atoms with Crippen LogP contribution in [0.3, 0.4) is 0 Å². The van der Waals surface area contributed by atoms with E-state index in [2.05, 4.69) is 30.7 Å². The van der Waals surface area contributed by atoms with Gasteiger partial charge in [0.25, 0.3) is 0 Å². The smallest absolute Gasteiger partial charge is 0.242 e. The van der Waals surface area contributed by atoms with Crippen molar-refractivity contribution in [2.75, 3.05) is 6.54 Å². The lowest BCUT2D eigenvalue weighted by atomic mass is 10.3. The number of aryl methyl sites for hydroxylation is 1. The molecule has 0 saturated heterocycles. The molecule has 0 aliphatic carbocycles. The lowest BCUT2D eigenvalue weighted by Crippen LogP contribution is -2.29. The summed E-state index contributed by atoms with van der Waals surface area (Å²) in [7, 11) is -3.64. The normalized spacial score (nSPS) is 13.5. The highest BCUT2D eigenvalue weighted by atomic mass is 32.2. The van der Waals surface area contributed by atoms with Crippen LogP contribution in [0.15, 0.2) is 10.3 Å². The number of thiophene rings is 1. The van der Waals surface area contributed by atoms with Gasteiger partial charge in [0.15, 0.2) is 5.82 Å². The van der Waals surface area contributed by atoms with Crippen molar-refractivity contribution in [2.45, 2.75) is 38.3 Å². The predicted octanol–water partition coefficient (Wildman–Crippen LogP) is 0.719. The average molecular weight is 330 g/mol. The molecule has 0 fully saturated rings. The third kappa shape index (κ3) is 3.64. The van der Waals surface area contributed by atoms with Crippen molar-refractivity contribution < 1.29 is 8.42 Å². The summed E-state index contributed by atoms with van der Waals surface area (Å²) in [5, 5.41) is 18.3. The van der Waals surface area contributed by atoms with E-state index in [4.69, 9.17) is 0 Å². The minimum Gasteiger partial charge on any atom is -0.312 e. The minimum absolute atomic E-state index is 0.305. The van der Waals surface area contributed by atoms with Crippen LogP contribution in [0.5, 0.6) is 0 Å². The van der Waals surface area contributed by atoms with Gasteiger partial charge in [-0.05, 0) is 31.3 Å². The number of rotatable bonds is 7. The summed E-state index contributed by atoms with van der Waals surface area (Å²) in [6.45, 7) is 6.75. The van der Waals surface area contributed by atoms with Crippen LogP contribution in [-0.2, 0) is 16.6 Å². The molecule has 8 nitrogen and oxygen atoms in total. The third-order valence-electron chi connectivity index (χ3n) is 2.87. The summed E-state index contributed by atoms with van der Waals surface area (Å²) in [4.78, 5) is 1.13. The molecule has 0 spiro atoms. The van der Waals surface area contributed by atoms with E-state index in [-0.39, 0.29) is 0 Å². The number of nitrogens with zero attached hydrogens (tertiary/aromatic N) is 3. The van der Waals surface area contributed by atoms with Gasteiger partial charge in [-0.3, -0.25) is 0 Å². The van der Waals surface area contributed by atoms with Gasteiger partial charge in [0.2, 0.25) is 10.0 Å². The lowest BCUT2D eigenvalue weighted by molar-refractivity contribution is 0.558. The Balaban J connectivity index is 2.25. The van der Waals surface area contributed by atoms with Crippen LogP contribution in [0.4, 0.5) is 0 Å². The molecule has 2 rings (SSSR count). The molecule has 2 heterocycles. The Kier molecular flexibility index (Phi) is 5.04. The van der Waals surface area contributed by atoms with E-state index < -0.39 is 16.1 Å². The number of tetrazole rings is 1. The first-order valence-corrected chi connectivity index (χ1v) is 8.85. The molecule has 1 atom stereocenters. The van der Waals surface area contributed by atoms with Crippen molar-refractivity contribution in [3.8, 4) is 0 Å². The topological polar surface area (TPSA) is 113 Å². The second-order valence-electron chi connectivity index (χ2n) is 4.56. The first-order valence-electron chi connectivity index (χ1n) is 6.49. The number of aromatic amines is 1. The second kappa shape index (κ2) is 6.60. The van der Waals surface area contributed by atoms with Crippen LogP contribution in [0, 0.1) is 6.92 Å². The number of hydrogen-bond donors (Lipinski definition) is 3. The van der Waals surface area contributed by atoms with Crippen LogP contribution in [0.1, 0.15) is 36.2 Å². The molecular formula is C11H18N6O2S2. The number of hydrogen-bond acceptors (Lipinski definition) is 7. The largest absolute Gasteiger partial charge is 0.312 e. The first-order chi connectivity index (χ1) is 9.95. The number of H-pyrrole nitrogens is 1. The molecule has 0 radical (unpaired) electrons. The van der Waals surface area contributed by atoms with Crippen molar-refractivity contribution in [2.24, 2.45) is 0 Å². The van der Waals surface area contributed by atoms with E-state index >= 15 is 0 Å². The Hall–Kier alpha value is -1.36. The number of sulfonamides is 1. The summed E-state index contributed by atoms with van der Waals surface area (Å²) in [6, 6.07) is -0.556. The standard InChI is InChI=1S/C11H18N6O2S2/c1-4-12-5-9-10(7(2)6-20-9)21(18,19)15-8(3)11-13-16-17-14-11/h6,8,12,15H,4-5H2,1-3H3,(H,13,14,16,17). The molecule has 0 amide bonds. The van der Waals surface area contributed by atoms with Gasteiger partial charge in [-0.2, -0.15) is 5.21 Å².